The second kappa shape index (κ2) is 7.02. The minimum Gasteiger partial charge on any atom is -0.389 e. The van der Waals surface area contributed by atoms with Gasteiger partial charge in [-0.3, -0.25) is 4.90 Å². The van der Waals surface area contributed by atoms with E-state index < -0.39 is 0 Å². The van der Waals surface area contributed by atoms with Gasteiger partial charge in [0.2, 0.25) is 0 Å². The molecule has 0 bridgehead atoms. The second-order valence-electron chi connectivity index (χ2n) is 6.41. The molecule has 2 fully saturated rings. The Morgan fingerprint density at radius 3 is 2.47 bits per heavy atom. The molecule has 0 aromatic rings. The van der Waals surface area contributed by atoms with Crippen LogP contribution in [-0.4, -0.2) is 60.7 Å². The zero-order chi connectivity index (χ0) is 13.8. The van der Waals surface area contributed by atoms with E-state index in [2.05, 4.69) is 25.7 Å². The molecule has 1 N–H and O–H groups in total. The molecule has 0 spiro atoms. The number of hydrogen-bond acceptors (Lipinski definition) is 4. The molecule has 1 saturated carbocycles. The highest BCUT2D eigenvalue weighted by Crippen LogP contribution is 2.27. The van der Waals surface area contributed by atoms with Gasteiger partial charge >= 0.3 is 0 Å². The van der Waals surface area contributed by atoms with E-state index in [1.54, 1.807) is 0 Å². The average molecular weight is 271 g/mol. The van der Waals surface area contributed by atoms with Gasteiger partial charge in [0.25, 0.3) is 0 Å². The molecule has 5 atom stereocenters. The first-order valence-corrected chi connectivity index (χ1v) is 7.72. The van der Waals surface area contributed by atoms with E-state index in [1.807, 2.05) is 0 Å². The number of β-amino-alcohol motifs (C(OH)–C–C–N with tert-alkyl or cyclic N) is 1. The molecular formula is C15H29NO3. The van der Waals surface area contributed by atoms with Crippen molar-refractivity contribution in [2.75, 3.05) is 26.2 Å². The van der Waals surface area contributed by atoms with E-state index in [9.17, 15) is 5.11 Å². The van der Waals surface area contributed by atoms with Crippen LogP contribution in [0.3, 0.4) is 0 Å². The number of rotatable bonds is 5. The van der Waals surface area contributed by atoms with Gasteiger partial charge in [-0.05, 0) is 32.6 Å². The fourth-order valence-corrected chi connectivity index (χ4v) is 3.38. The van der Waals surface area contributed by atoms with Crippen LogP contribution in [0.5, 0.6) is 0 Å². The quantitative estimate of drug-likeness (QED) is 0.826. The van der Waals surface area contributed by atoms with E-state index in [0.717, 1.165) is 19.5 Å². The topological polar surface area (TPSA) is 41.9 Å². The average Bonchev–Trinajstić information content (AvgIpc) is 2.71. The summed E-state index contributed by atoms with van der Waals surface area (Å²) >= 11 is 0. The zero-order valence-electron chi connectivity index (χ0n) is 12.5. The summed E-state index contributed by atoms with van der Waals surface area (Å²) in [6.07, 6.45) is 4.17. The zero-order valence-corrected chi connectivity index (χ0v) is 12.5. The Kier molecular flexibility index (Phi) is 5.63. The van der Waals surface area contributed by atoms with Crippen molar-refractivity contribution in [3.05, 3.63) is 0 Å². The van der Waals surface area contributed by atoms with E-state index >= 15 is 0 Å². The predicted molar refractivity (Wildman–Crippen MR) is 75.2 cm³/mol. The van der Waals surface area contributed by atoms with Gasteiger partial charge in [0, 0.05) is 19.6 Å². The van der Waals surface area contributed by atoms with Crippen LogP contribution in [0.4, 0.5) is 0 Å². The smallest absolute Gasteiger partial charge is 0.0900 e. The fraction of sp³-hybridized carbons (Fsp3) is 1.00. The maximum atomic E-state index is 10.1. The van der Waals surface area contributed by atoms with Gasteiger partial charge in [-0.2, -0.15) is 0 Å². The predicted octanol–water partition coefficient (Wildman–Crippen LogP) is 1.66. The Balaban J connectivity index is 1.67. The van der Waals surface area contributed by atoms with Crippen molar-refractivity contribution >= 4 is 0 Å². The SMILES string of the molecule is C[C@@H]1CN(C[C@@H](O)CO[C@H]2CCC[C@H]2C)C[C@H](C)O1. The van der Waals surface area contributed by atoms with Crippen LogP contribution in [0.1, 0.15) is 40.0 Å². The molecule has 1 aliphatic carbocycles. The Hall–Kier alpha value is -0.160. The van der Waals surface area contributed by atoms with Crippen LogP contribution in [0, 0.1) is 5.92 Å². The molecule has 0 radical (unpaired) electrons. The van der Waals surface area contributed by atoms with Crippen molar-refractivity contribution < 1.29 is 14.6 Å². The standard InChI is InChI=1S/C15H29NO3/c1-11-5-4-6-15(11)18-10-14(17)9-16-7-12(2)19-13(3)8-16/h11-15,17H,4-10H2,1-3H3/t11-,12-,13+,14-,15+/m1/s1. The van der Waals surface area contributed by atoms with Crippen LogP contribution >= 0.6 is 0 Å². The van der Waals surface area contributed by atoms with Crippen LogP contribution in [0.25, 0.3) is 0 Å². The summed E-state index contributed by atoms with van der Waals surface area (Å²) in [4.78, 5) is 2.28. The minimum absolute atomic E-state index is 0.256. The number of ether oxygens (including phenoxy) is 2. The maximum absolute atomic E-state index is 10.1. The molecule has 0 amide bonds. The van der Waals surface area contributed by atoms with Gasteiger partial charge in [0.1, 0.15) is 0 Å². The second-order valence-corrected chi connectivity index (χ2v) is 6.41. The molecule has 0 unspecified atom stereocenters. The highest BCUT2D eigenvalue weighted by molar-refractivity contribution is 4.77. The molecule has 1 saturated heterocycles. The summed E-state index contributed by atoms with van der Waals surface area (Å²) in [7, 11) is 0. The van der Waals surface area contributed by atoms with Gasteiger partial charge in [0.05, 0.1) is 31.0 Å². The first-order valence-electron chi connectivity index (χ1n) is 7.72. The highest BCUT2D eigenvalue weighted by atomic mass is 16.5. The third-order valence-corrected chi connectivity index (χ3v) is 4.25. The molecule has 112 valence electrons. The normalized spacial score (nSPS) is 38.5. The summed E-state index contributed by atoms with van der Waals surface area (Å²) in [6.45, 7) is 9.39. The largest absolute Gasteiger partial charge is 0.389 e. The van der Waals surface area contributed by atoms with Crippen LogP contribution in [0.2, 0.25) is 0 Å². The van der Waals surface area contributed by atoms with E-state index in [4.69, 9.17) is 9.47 Å². The fourth-order valence-electron chi connectivity index (χ4n) is 3.38. The molecule has 4 nitrogen and oxygen atoms in total. The number of morpholine rings is 1. The van der Waals surface area contributed by atoms with Crippen molar-refractivity contribution in [1.82, 2.24) is 4.90 Å². The van der Waals surface area contributed by atoms with Crippen molar-refractivity contribution in [3.63, 3.8) is 0 Å². The van der Waals surface area contributed by atoms with Crippen molar-refractivity contribution in [2.45, 2.75) is 64.4 Å². The number of hydrogen-bond donors (Lipinski definition) is 1. The molecule has 2 rings (SSSR count). The molecule has 1 aliphatic heterocycles. The Labute approximate surface area is 117 Å². The maximum Gasteiger partial charge on any atom is 0.0900 e. The first kappa shape index (κ1) is 15.2. The molecule has 4 heteroatoms. The molecule has 0 aromatic carbocycles. The minimum atomic E-state index is -0.384. The van der Waals surface area contributed by atoms with Crippen LogP contribution < -0.4 is 0 Å². The number of aliphatic hydroxyl groups excluding tert-OH is 1. The summed E-state index contributed by atoms with van der Waals surface area (Å²) in [5.74, 6) is 0.649. The lowest BCUT2D eigenvalue weighted by atomic mass is 10.1. The van der Waals surface area contributed by atoms with Gasteiger partial charge in [-0.25, -0.2) is 0 Å². The number of aliphatic hydroxyl groups is 1. The van der Waals surface area contributed by atoms with E-state index in [1.165, 1.54) is 12.8 Å². The van der Waals surface area contributed by atoms with Gasteiger partial charge in [0.15, 0.2) is 0 Å². The van der Waals surface area contributed by atoms with Crippen LogP contribution in [0.15, 0.2) is 0 Å². The number of nitrogens with zero attached hydrogens (tertiary/aromatic N) is 1. The highest BCUT2D eigenvalue weighted by Gasteiger charge is 2.26. The lowest BCUT2D eigenvalue weighted by Crippen LogP contribution is -2.48. The molecule has 19 heavy (non-hydrogen) atoms. The van der Waals surface area contributed by atoms with Crippen LogP contribution in [-0.2, 0) is 9.47 Å². The Bertz CT molecular complexity index is 264. The molecular weight excluding hydrogens is 242 g/mol. The van der Waals surface area contributed by atoms with Gasteiger partial charge in [-0.1, -0.05) is 13.3 Å². The van der Waals surface area contributed by atoms with Crippen molar-refractivity contribution in [2.24, 2.45) is 5.92 Å². The summed E-state index contributed by atoms with van der Waals surface area (Å²) in [5, 5.41) is 10.1. The third kappa shape index (κ3) is 4.71. The Morgan fingerprint density at radius 2 is 1.89 bits per heavy atom. The molecule has 1 heterocycles. The summed E-state index contributed by atoms with van der Waals surface area (Å²) < 4.78 is 11.6. The lowest BCUT2D eigenvalue weighted by molar-refractivity contribution is -0.0872. The van der Waals surface area contributed by atoms with E-state index in [-0.39, 0.29) is 18.3 Å². The summed E-state index contributed by atoms with van der Waals surface area (Å²) in [5.41, 5.74) is 0. The monoisotopic (exact) mass is 271 g/mol. The van der Waals surface area contributed by atoms with Gasteiger partial charge < -0.3 is 14.6 Å². The molecule has 2 aliphatic rings. The van der Waals surface area contributed by atoms with Crippen molar-refractivity contribution in [3.8, 4) is 0 Å². The first-order chi connectivity index (χ1) is 9.04. The third-order valence-electron chi connectivity index (χ3n) is 4.25. The van der Waals surface area contributed by atoms with Crippen molar-refractivity contribution in [1.29, 1.82) is 0 Å². The summed E-state index contributed by atoms with van der Waals surface area (Å²) in [6, 6.07) is 0. The van der Waals surface area contributed by atoms with Gasteiger partial charge in [-0.15, -0.1) is 0 Å². The molecule has 0 aromatic heterocycles. The lowest BCUT2D eigenvalue weighted by Gasteiger charge is -2.36. The van der Waals surface area contributed by atoms with E-state index in [0.29, 0.717) is 25.2 Å². The Morgan fingerprint density at radius 1 is 1.21 bits per heavy atom.